The summed E-state index contributed by atoms with van der Waals surface area (Å²) in [5.41, 5.74) is 0.945. The topological polar surface area (TPSA) is 23.6 Å². The molecule has 1 heterocycles. The molecule has 20 heavy (non-hydrogen) atoms. The van der Waals surface area contributed by atoms with Crippen LogP contribution >= 0.6 is 0 Å². The third-order valence-corrected chi connectivity index (χ3v) is 4.12. The van der Waals surface area contributed by atoms with Crippen molar-refractivity contribution in [3.05, 3.63) is 35.9 Å². The summed E-state index contributed by atoms with van der Waals surface area (Å²) in [4.78, 5) is 17.2. The molecule has 0 radical (unpaired) electrons. The zero-order valence-electron chi connectivity index (χ0n) is 13.3. The first-order valence-corrected chi connectivity index (χ1v) is 7.43. The van der Waals surface area contributed by atoms with Crippen LogP contribution in [0.1, 0.15) is 45.0 Å². The van der Waals surface area contributed by atoms with Gasteiger partial charge in [-0.2, -0.15) is 0 Å². The van der Waals surface area contributed by atoms with Gasteiger partial charge in [0.2, 0.25) is 0 Å². The molecule has 2 rings (SSSR count). The smallest absolute Gasteiger partial charge is 0.254 e. The molecule has 1 aliphatic rings. The van der Waals surface area contributed by atoms with Crippen LogP contribution in [0, 0.1) is 0 Å². The normalized spacial score (nSPS) is 24.8. The molecule has 0 bridgehead atoms. The Bertz CT molecular complexity index is 452. The van der Waals surface area contributed by atoms with Gasteiger partial charge in [0.15, 0.2) is 0 Å². The van der Waals surface area contributed by atoms with Crippen molar-refractivity contribution in [2.75, 3.05) is 13.1 Å². The third-order valence-electron chi connectivity index (χ3n) is 4.12. The summed E-state index contributed by atoms with van der Waals surface area (Å²) in [5, 5.41) is 0. The number of hydrogen-bond acceptors (Lipinski definition) is 2. The maximum Gasteiger partial charge on any atom is 0.254 e. The summed E-state index contributed by atoms with van der Waals surface area (Å²) in [5.74, 6) is 0.152. The minimum Gasteiger partial charge on any atom is -0.331 e. The zero-order valence-corrected chi connectivity index (χ0v) is 13.3. The Morgan fingerprint density at radius 1 is 1.05 bits per heavy atom. The molecule has 0 saturated carbocycles. The second-order valence-electron chi connectivity index (χ2n) is 6.85. The van der Waals surface area contributed by atoms with Crippen molar-refractivity contribution in [2.45, 2.75) is 52.2 Å². The Hall–Kier alpha value is -1.35. The Kier molecular flexibility index (Phi) is 4.19. The lowest BCUT2D eigenvalue weighted by atomic mass is 9.98. The molecule has 2 unspecified atom stereocenters. The van der Waals surface area contributed by atoms with Crippen molar-refractivity contribution >= 4 is 5.91 Å². The fourth-order valence-corrected chi connectivity index (χ4v) is 3.00. The molecular weight excluding hydrogens is 248 g/mol. The fourth-order valence-electron chi connectivity index (χ4n) is 3.00. The lowest BCUT2D eigenvalue weighted by molar-refractivity contribution is 0.0000609. The Balaban J connectivity index is 2.16. The van der Waals surface area contributed by atoms with E-state index in [1.54, 1.807) is 0 Å². The minimum absolute atomic E-state index is 0.152. The highest BCUT2D eigenvalue weighted by atomic mass is 16.2. The van der Waals surface area contributed by atoms with Gasteiger partial charge in [-0.1, -0.05) is 18.2 Å². The molecule has 0 N–H and O–H groups in total. The monoisotopic (exact) mass is 274 g/mol. The Labute approximate surface area is 122 Å². The summed E-state index contributed by atoms with van der Waals surface area (Å²) in [6, 6.07) is 10.1. The highest BCUT2D eigenvalue weighted by molar-refractivity contribution is 5.94. The molecule has 1 amide bonds. The highest BCUT2D eigenvalue weighted by Gasteiger charge is 2.36. The number of nitrogens with zero attached hydrogens (tertiary/aromatic N) is 2. The van der Waals surface area contributed by atoms with Crippen molar-refractivity contribution in [3.63, 3.8) is 0 Å². The predicted molar refractivity (Wildman–Crippen MR) is 82.9 cm³/mol. The highest BCUT2D eigenvalue weighted by Crippen LogP contribution is 2.24. The minimum atomic E-state index is 0.152. The van der Waals surface area contributed by atoms with Crippen molar-refractivity contribution in [1.29, 1.82) is 0 Å². The van der Waals surface area contributed by atoms with Gasteiger partial charge in [0.05, 0.1) is 0 Å². The number of amides is 1. The average molecular weight is 274 g/mol. The summed E-state index contributed by atoms with van der Waals surface area (Å²) >= 11 is 0. The molecule has 110 valence electrons. The molecule has 1 aromatic carbocycles. The van der Waals surface area contributed by atoms with Crippen molar-refractivity contribution in [1.82, 2.24) is 9.80 Å². The van der Waals surface area contributed by atoms with E-state index < -0.39 is 0 Å². The van der Waals surface area contributed by atoms with Crippen molar-refractivity contribution < 1.29 is 4.79 Å². The van der Waals surface area contributed by atoms with E-state index in [1.165, 1.54) is 0 Å². The van der Waals surface area contributed by atoms with E-state index in [4.69, 9.17) is 0 Å². The van der Waals surface area contributed by atoms with Crippen LogP contribution in [0.2, 0.25) is 0 Å². The lowest BCUT2D eigenvalue weighted by Gasteiger charge is -2.49. The van der Waals surface area contributed by atoms with E-state index in [9.17, 15) is 4.79 Å². The zero-order chi connectivity index (χ0) is 14.9. The molecule has 3 heteroatoms. The fraction of sp³-hybridized carbons (Fsp3) is 0.588. The van der Waals surface area contributed by atoms with Gasteiger partial charge >= 0.3 is 0 Å². The van der Waals surface area contributed by atoms with Crippen LogP contribution in [-0.4, -0.2) is 46.4 Å². The Morgan fingerprint density at radius 3 is 2.00 bits per heavy atom. The van der Waals surface area contributed by atoms with Gasteiger partial charge in [-0.05, 0) is 46.8 Å². The molecular formula is C17H26N2O. The molecule has 1 aliphatic heterocycles. The van der Waals surface area contributed by atoms with Gasteiger partial charge in [0.1, 0.15) is 0 Å². The summed E-state index contributed by atoms with van der Waals surface area (Å²) in [6.07, 6.45) is 0. The number of hydrogen-bond donors (Lipinski definition) is 0. The number of benzene rings is 1. The molecule has 3 nitrogen and oxygen atoms in total. The maximum absolute atomic E-state index is 12.7. The molecule has 2 atom stereocenters. The average Bonchev–Trinajstić information content (AvgIpc) is 2.37. The molecule has 1 saturated heterocycles. The van der Waals surface area contributed by atoms with Gasteiger partial charge in [0, 0.05) is 36.3 Å². The van der Waals surface area contributed by atoms with Crippen LogP contribution in [-0.2, 0) is 0 Å². The second kappa shape index (κ2) is 5.57. The van der Waals surface area contributed by atoms with Crippen LogP contribution in [0.5, 0.6) is 0 Å². The first-order chi connectivity index (χ1) is 9.30. The summed E-state index contributed by atoms with van der Waals surface area (Å²) in [7, 11) is 0. The second-order valence-corrected chi connectivity index (χ2v) is 6.85. The van der Waals surface area contributed by atoms with Gasteiger partial charge in [-0.3, -0.25) is 9.69 Å². The van der Waals surface area contributed by atoms with Crippen molar-refractivity contribution in [2.24, 2.45) is 0 Å². The van der Waals surface area contributed by atoms with E-state index in [1.807, 2.05) is 35.2 Å². The quantitative estimate of drug-likeness (QED) is 0.786. The van der Waals surface area contributed by atoms with Crippen LogP contribution in [0.25, 0.3) is 0 Å². The van der Waals surface area contributed by atoms with Gasteiger partial charge in [-0.25, -0.2) is 0 Å². The van der Waals surface area contributed by atoms with Gasteiger partial charge in [-0.15, -0.1) is 0 Å². The molecule has 0 spiro atoms. The van der Waals surface area contributed by atoms with Gasteiger partial charge < -0.3 is 4.90 Å². The Morgan fingerprint density at radius 2 is 1.55 bits per heavy atom. The first kappa shape index (κ1) is 15.0. The molecule has 0 aromatic heterocycles. The van der Waals surface area contributed by atoms with Crippen LogP contribution in [0.4, 0.5) is 0 Å². The van der Waals surface area contributed by atoms with Crippen LogP contribution in [0.15, 0.2) is 30.3 Å². The van der Waals surface area contributed by atoms with Crippen molar-refractivity contribution in [3.8, 4) is 0 Å². The van der Waals surface area contributed by atoms with Gasteiger partial charge in [0.25, 0.3) is 5.91 Å². The summed E-state index contributed by atoms with van der Waals surface area (Å²) < 4.78 is 0. The molecule has 1 aromatic rings. The number of carbonyl (C=O) groups excluding carboxylic acids is 1. The van der Waals surface area contributed by atoms with Crippen LogP contribution in [0.3, 0.4) is 0 Å². The third kappa shape index (κ3) is 3.04. The molecule has 1 fully saturated rings. The predicted octanol–water partition coefficient (Wildman–Crippen LogP) is 3.02. The van der Waals surface area contributed by atoms with E-state index in [0.29, 0.717) is 0 Å². The first-order valence-electron chi connectivity index (χ1n) is 7.43. The van der Waals surface area contributed by atoms with E-state index in [-0.39, 0.29) is 23.5 Å². The summed E-state index contributed by atoms with van der Waals surface area (Å²) in [6.45, 7) is 12.9. The van der Waals surface area contributed by atoms with Crippen LogP contribution < -0.4 is 0 Å². The van der Waals surface area contributed by atoms with E-state index in [0.717, 1.165) is 18.7 Å². The number of rotatable bonds is 1. The molecule has 0 aliphatic carbocycles. The van der Waals surface area contributed by atoms with E-state index in [2.05, 4.69) is 39.5 Å². The standard InChI is InChI=1S/C17H26N2O/c1-13-11-18(17(3,4)5)12-14(2)19(13)16(20)15-9-7-6-8-10-15/h6-10,13-14H,11-12H2,1-5H3. The number of carbonyl (C=O) groups is 1. The lowest BCUT2D eigenvalue weighted by Crippen LogP contribution is -2.62. The van der Waals surface area contributed by atoms with E-state index >= 15 is 0 Å². The largest absolute Gasteiger partial charge is 0.331 e. The maximum atomic E-state index is 12.7. The number of piperazine rings is 1. The SMILES string of the molecule is CC1CN(C(C)(C)C)CC(C)N1C(=O)c1ccccc1.